The summed E-state index contributed by atoms with van der Waals surface area (Å²) in [6, 6.07) is 4.20. The van der Waals surface area contributed by atoms with E-state index in [1.165, 1.54) is 30.9 Å². The predicted molar refractivity (Wildman–Crippen MR) is 65.8 cm³/mol. The number of carboxylic acid groups (broad SMARTS) is 1. The van der Waals surface area contributed by atoms with Gasteiger partial charge in [0.25, 0.3) is 0 Å². The number of nitrogens with one attached hydrogen (secondary N) is 2. The van der Waals surface area contributed by atoms with Crippen molar-refractivity contribution in [3.8, 4) is 0 Å². The first-order chi connectivity index (χ1) is 9.16. The van der Waals surface area contributed by atoms with Gasteiger partial charge in [0.2, 0.25) is 0 Å². The molecular weight excluding hydrogens is 250 g/mol. The molecule has 2 aromatic heterocycles. The van der Waals surface area contributed by atoms with Gasteiger partial charge in [-0.1, -0.05) is 0 Å². The van der Waals surface area contributed by atoms with E-state index < -0.39 is 12.0 Å². The molecule has 19 heavy (non-hydrogen) atoms. The summed E-state index contributed by atoms with van der Waals surface area (Å²) >= 11 is 0. The van der Waals surface area contributed by atoms with Gasteiger partial charge in [0.1, 0.15) is 0 Å². The number of hydrogen-bond donors (Lipinski definition) is 3. The number of rotatable bonds is 4. The van der Waals surface area contributed by atoms with Gasteiger partial charge in [-0.2, -0.15) is 0 Å². The van der Waals surface area contributed by atoms with Gasteiger partial charge in [0.15, 0.2) is 5.69 Å². The first kappa shape index (κ1) is 12.6. The van der Waals surface area contributed by atoms with Gasteiger partial charge >= 0.3 is 12.0 Å². The molecule has 2 heterocycles. The molecule has 2 rings (SSSR count). The van der Waals surface area contributed by atoms with E-state index in [9.17, 15) is 9.59 Å². The number of carboxylic acids is 1. The fourth-order valence-corrected chi connectivity index (χ4v) is 1.42. The SMILES string of the molecule is O=C(NCc1ccoc1)Nc1cccnc1C(=O)O. The summed E-state index contributed by atoms with van der Waals surface area (Å²) in [7, 11) is 0. The van der Waals surface area contributed by atoms with Crippen LogP contribution < -0.4 is 10.6 Å². The van der Waals surface area contributed by atoms with Gasteiger partial charge in [-0.25, -0.2) is 14.6 Å². The standard InChI is InChI=1S/C12H11N3O4/c16-11(17)10-9(2-1-4-13-10)15-12(18)14-6-8-3-5-19-7-8/h1-5,7H,6H2,(H,16,17)(H2,14,15,18). The van der Waals surface area contributed by atoms with Crippen molar-refractivity contribution in [1.82, 2.24) is 10.3 Å². The summed E-state index contributed by atoms with van der Waals surface area (Å²) in [4.78, 5) is 26.2. The maximum Gasteiger partial charge on any atom is 0.356 e. The molecule has 7 heteroatoms. The number of nitrogens with zero attached hydrogens (tertiary/aromatic N) is 1. The lowest BCUT2D eigenvalue weighted by Crippen LogP contribution is -2.28. The van der Waals surface area contributed by atoms with Crippen LogP contribution in [0.5, 0.6) is 0 Å². The van der Waals surface area contributed by atoms with Crippen LogP contribution in [0.2, 0.25) is 0 Å². The van der Waals surface area contributed by atoms with Gasteiger partial charge in [0, 0.05) is 18.3 Å². The average Bonchev–Trinajstić information content (AvgIpc) is 2.90. The molecule has 0 atom stereocenters. The quantitative estimate of drug-likeness (QED) is 0.776. The van der Waals surface area contributed by atoms with E-state index in [2.05, 4.69) is 15.6 Å². The van der Waals surface area contributed by atoms with Crippen molar-refractivity contribution in [3.63, 3.8) is 0 Å². The molecule has 0 spiro atoms. The number of pyridine rings is 1. The fourth-order valence-electron chi connectivity index (χ4n) is 1.42. The van der Waals surface area contributed by atoms with Crippen LogP contribution in [-0.4, -0.2) is 22.1 Å². The topological polar surface area (TPSA) is 104 Å². The highest BCUT2D eigenvalue weighted by molar-refractivity contribution is 5.98. The van der Waals surface area contributed by atoms with Crippen LogP contribution in [0.25, 0.3) is 0 Å². The van der Waals surface area contributed by atoms with Crippen LogP contribution in [0, 0.1) is 0 Å². The minimum atomic E-state index is -1.20. The number of carbonyl (C=O) groups excluding carboxylic acids is 1. The Morgan fingerprint density at radius 2 is 2.21 bits per heavy atom. The molecule has 2 aromatic rings. The third-order valence-corrected chi connectivity index (χ3v) is 2.29. The highest BCUT2D eigenvalue weighted by Gasteiger charge is 2.12. The second-order valence-electron chi connectivity index (χ2n) is 3.64. The molecule has 0 bridgehead atoms. The molecule has 0 radical (unpaired) electrons. The van der Waals surface area contributed by atoms with Crippen molar-refractivity contribution in [2.75, 3.05) is 5.32 Å². The number of furan rings is 1. The van der Waals surface area contributed by atoms with Crippen molar-refractivity contribution in [2.24, 2.45) is 0 Å². The summed E-state index contributed by atoms with van der Waals surface area (Å²) in [5.41, 5.74) is 0.737. The van der Waals surface area contributed by atoms with E-state index in [1.807, 2.05) is 0 Å². The second kappa shape index (κ2) is 5.67. The molecule has 0 aliphatic rings. The highest BCUT2D eigenvalue weighted by Crippen LogP contribution is 2.11. The van der Waals surface area contributed by atoms with Crippen molar-refractivity contribution < 1.29 is 19.1 Å². The van der Waals surface area contributed by atoms with Crippen LogP contribution in [0.3, 0.4) is 0 Å². The van der Waals surface area contributed by atoms with Gasteiger partial charge in [0.05, 0.1) is 18.2 Å². The van der Waals surface area contributed by atoms with Crippen LogP contribution in [0.15, 0.2) is 41.3 Å². The Morgan fingerprint density at radius 3 is 2.89 bits per heavy atom. The zero-order valence-electron chi connectivity index (χ0n) is 9.79. The zero-order chi connectivity index (χ0) is 13.7. The lowest BCUT2D eigenvalue weighted by atomic mass is 10.3. The third kappa shape index (κ3) is 3.32. The Bertz CT molecular complexity index is 580. The smallest absolute Gasteiger partial charge is 0.356 e. The van der Waals surface area contributed by atoms with E-state index in [1.54, 1.807) is 6.07 Å². The highest BCUT2D eigenvalue weighted by atomic mass is 16.4. The van der Waals surface area contributed by atoms with E-state index in [-0.39, 0.29) is 17.9 Å². The zero-order valence-corrected chi connectivity index (χ0v) is 9.79. The van der Waals surface area contributed by atoms with E-state index in [0.29, 0.717) is 0 Å². The van der Waals surface area contributed by atoms with E-state index >= 15 is 0 Å². The van der Waals surface area contributed by atoms with Crippen LogP contribution in [0.1, 0.15) is 16.1 Å². The number of aromatic nitrogens is 1. The molecule has 0 aromatic carbocycles. The number of aromatic carboxylic acids is 1. The number of anilines is 1. The Labute approximate surface area is 108 Å². The van der Waals surface area contributed by atoms with Crippen molar-refractivity contribution in [3.05, 3.63) is 48.2 Å². The molecule has 0 aliphatic carbocycles. The van der Waals surface area contributed by atoms with Gasteiger partial charge < -0.3 is 20.2 Å². The Kier molecular flexibility index (Phi) is 3.77. The number of hydrogen-bond acceptors (Lipinski definition) is 4. The van der Waals surface area contributed by atoms with Crippen molar-refractivity contribution in [1.29, 1.82) is 0 Å². The molecule has 3 N–H and O–H groups in total. The lowest BCUT2D eigenvalue weighted by molar-refractivity contribution is 0.0691. The molecule has 0 saturated heterocycles. The van der Waals surface area contributed by atoms with Gasteiger partial charge in [-0.3, -0.25) is 0 Å². The molecular formula is C12H11N3O4. The van der Waals surface area contributed by atoms with E-state index in [4.69, 9.17) is 9.52 Å². The minimum absolute atomic E-state index is 0.139. The molecule has 7 nitrogen and oxygen atoms in total. The number of amides is 2. The largest absolute Gasteiger partial charge is 0.476 e. The monoisotopic (exact) mass is 261 g/mol. The first-order valence-corrected chi connectivity index (χ1v) is 5.41. The Hall–Kier alpha value is -2.83. The van der Waals surface area contributed by atoms with Gasteiger partial charge in [-0.05, 0) is 18.2 Å². The fraction of sp³-hybridized carbons (Fsp3) is 0.0833. The van der Waals surface area contributed by atoms with Gasteiger partial charge in [-0.15, -0.1) is 0 Å². The summed E-state index contributed by atoms with van der Waals surface area (Å²) in [5.74, 6) is -1.20. The molecule has 0 fully saturated rings. The normalized spacial score (nSPS) is 9.89. The average molecular weight is 261 g/mol. The molecule has 98 valence electrons. The van der Waals surface area contributed by atoms with Crippen LogP contribution >= 0.6 is 0 Å². The molecule has 0 saturated carbocycles. The first-order valence-electron chi connectivity index (χ1n) is 5.41. The van der Waals surface area contributed by atoms with E-state index in [0.717, 1.165) is 5.56 Å². The second-order valence-corrected chi connectivity index (χ2v) is 3.64. The van der Waals surface area contributed by atoms with Crippen molar-refractivity contribution >= 4 is 17.7 Å². The summed E-state index contributed by atoms with van der Waals surface area (Å²) in [6.45, 7) is 0.283. The van der Waals surface area contributed by atoms with Crippen LogP contribution in [-0.2, 0) is 6.54 Å². The maximum atomic E-state index is 11.6. The Morgan fingerprint density at radius 1 is 1.37 bits per heavy atom. The molecule has 0 unspecified atom stereocenters. The third-order valence-electron chi connectivity index (χ3n) is 2.29. The maximum absolute atomic E-state index is 11.6. The van der Waals surface area contributed by atoms with Crippen molar-refractivity contribution in [2.45, 2.75) is 6.54 Å². The summed E-state index contributed by atoms with van der Waals surface area (Å²) in [5, 5.41) is 13.9. The number of urea groups is 1. The number of carbonyl (C=O) groups is 2. The van der Waals surface area contributed by atoms with Crippen LogP contribution in [0.4, 0.5) is 10.5 Å². The summed E-state index contributed by atoms with van der Waals surface area (Å²) < 4.78 is 4.86. The molecule has 0 aliphatic heterocycles. The predicted octanol–water partition coefficient (Wildman–Crippen LogP) is 1.69. The lowest BCUT2D eigenvalue weighted by Gasteiger charge is -2.08. The molecule has 2 amide bonds. The summed E-state index contributed by atoms with van der Waals surface area (Å²) in [6.07, 6.45) is 4.35. The Balaban J connectivity index is 1.97. The minimum Gasteiger partial charge on any atom is -0.476 e.